The molecule has 2 aromatic carbocycles. The SMILES string of the molecule is COc1ccccc1CNC(=O)c1ccc(N2c3ccccc3CC2C)s1. The number of para-hydroxylation sites is 2. The Balaban J connectivity index is 1.49. The third-order valence-corrected chi connectivity index (χ3v) is 5.98. The highest BCUT2D eigenvalue weighted by atomic mass is 32.1. The van der Waals surface area contributed by atoms with Crippen LogP contribution in [-0.4, -0.2) is 19.1 Å². The Kier molecular flexibility index (Phi) is 4.86. The Morgan fingerprint density at radius 3 is 2.78 bits per heavy atom. The molecule has 0 spiro atoms. The van der Waals surface area contributed by atoms with E-state index in [1.165, 1.54) is 22.6 Å². The summed E-state index contributed by atoms with van der Waals surface area (Å²) in [5.74, 6) is 0.726. The van der Waals surface area contributed by atoms with Crippen LogP contribution < -0.4 is 15.0 Å². The van der Waals surface area contributed by atoms with E-state index in [0.29, 0.717) is 12.6 Å². The summed E-state index contributed by atoms with van der Waals surface area (Å²) in [6.07, 6.45) is 1.03. The van der Waals surface area contributed by atoms with Gasteiger partial charge in [0.2, 0.25) is 0 Å². The first-order chi connectivity index (χ1) is 13.2. The van der Waals surface area contributed by atoms with Gasteiger partial charge in [-0.3, -0.25) is 4.79 Å². The molecule has 27 heavy (non-hydrogen) atoms. The minimum Gasteiger partial charge on any atom is -0.496 e. The predicted octanol–water partition coefficient (Wildman–Crippen LogP) is 4.77. The molecule has 1 N–H and O–H groups in total. The summed E-state index contributed by atoms with van der Waals surface area (Å²) in [5, 5.41) is 4.10. The van der Waals surface area contributed by atoms with E-state index < -0.39 is 0 Å². The molecule has 4 rings (SSSR count). The molecule has 1 aliphatic heterocycles. The number of nitrogens with zero attached hydrogens (tertiary/aromatic N) is 1. The van der Waals surface area contributed by atoms with Gasteiger partial charge in [0.25, 0.3) is 5.91 Å². The number of carbonyl (C=O) groups excluding carboxylic acids is 1. The van der Waals surface area contributed by atoms with E-state index in [4.69, 9.17) is 4.74 Å². The van der Waals surface area contributed by atoms with Crippen molar-refractivity contribution in [2.45, 2.75) is 25.9 Å². The summed E-state index contributed by atoms with van der Waals surface area (Å²) in [5.41, 5.74) is 3.57. The molecule has 2 heterocycles. The second kappa shape index (κ2) is 7.45. The molecular formula is C22H22N2O2S. The normalized spacial score (nSPS) is 15.5. The maximum absolute atomic E-state index is 12.6. The van der Waals surface area contributed by atoms with Crippen LogP contribution in [0, 0.1) is 0 Å². The van der Waals surface area contributed by atoms with Crippen molar-refractivity contribution in [2.24, 2.45) is 0 Å². The summed E-state index contributed by atoms with van der Waals surface area (Å²) >= 11 is 1.53. The minimum absolute atomic E-state index is 0.0581. The van der Waals surface area contributed by atoms with E-state index in [0.717, 1.165) is 27.6 Å². The lowest BCUT2D eigenvalue weighted by Crippen LogP contribution is -2.23. The maximum atomic E-state index is 12.6. The van der Waals surface area contributed by atoms with Crippen molar-refractivity contribution in [3.63, 3.8) is 0 Å². The topological polar surface area (TPSA) is 41.6 Å². The predicted molar refractivity (Wildman–Crippen MR) is 110 cm³/mol. The van der Waals surface area contributed by atoms with E-state index in [-0.39, 0.29) is 5.91 Å². The average Bonchev–Trinajstić information content (AvgIpc) is 3.29. The molecule has 0 saturated heterocycles. The van der Waals surface area contributed by atoms with Crippen molar-refractivity contribution in [1.82, 2.24) is 5.32 Å². The van der Waals surface area contributed by atoms with Gasteiger partial charge in [-0.25, -0.2) is 0 Å². The summed E-state index contributed by atoms with van der Waals surface area (Å²) in [4.78, 5) is 15.7. The van der Waals surface area contributed by atoms with Crippen LogP contribution in [0.5, 0.6) is 5.75 Å². The highest BCUT2D eigenvalue weighted by Crippen LogP contribution is 2.41. The van der Waals surface area contributed by atoms with Crippen molar-refractivity contribution in [3.05, 3.63) is 76.7 Å². The van der Waals surface area contributed by atoms with Gasteiger partial charge in [-0.05, 0) is 43.2 Å². The molecule has 3 aromatic rings. The lowest BCUT2D eigenvalue weighted by Gasteiger charge is -2.22. The minimum atomic E-state index is -0.0581. The Morgan fingerprint density at radius 2 is 1.93 bits per heavy atom. The summed E-state index contributed by atoms with van der Waals surface area (Å²) in [6.45, 7) is 2.67. The van der Waals surface area contributed by atoms with Crippen LogP contribution in [0.4, 0.5) is 10.7 Å². The molecule has 1 amide bonds. The fraction of sp³-hybridized carbons (Fsp3) is 0.227. The van der Waals surface area contributed by atoms with Crippen LogP contribution in [0.25, 0.3) is 0 Å². The van der Waals surface area contributed by atoms with Crippen molar-refractivity contribution < 1.29 is 9.53 Å². The maximum Gasteiger partial charge on any atom is 0.261 e. The molecule has 1 atom stereocenters. The number of carbonyl (C=O) groups is 1. The fourth-order valence-corrected chi connectivity index (χ4v) is 4.63. The fourth-order valence-electron chi connectivity index (χ4n) is 3.59. The first-order valence-corrected chi connectivity index (χ1v) is 9.86. The number of benzene rings is 2. The van der Waals surface area contributed by atoms with Crippen LogP contribution >= 0.6 is 11.3 Å². The van der Waals surface area contributed by atoms with E-state index in [9.17, 15) is 4.79 Å². The van der Waals surface area contributed by atoms with Gasteiger partial charge in [-0.1, -0.05) is 36.4 Å². The number of hydrogen-bond donors (Lipinski definition) is 1. The van der Waals surface area contributed by atoms with Gasteiger partial charge in [0.05, 0.1) is 17.0 Å². The second-order valence-corrected chi connectivity index (χ2v) is 7.75. The number of anilines is 2. The van der Waals surface area contributed by atoms with Gasteiger partial charge in [0.1, 0.15) is 5.75 Å². The van der Waals surface area contributed by atoms with E-state index in [1.807, 2.05) is 36.4 Å². The number of nitrogens with one attached hydrogen (secondary N) is 1. The highest BCUT2D eigenvalue weighted by molar-refractivity contribution is 7.18. The van der Waals surface area contributed by atoms with Crippen LogP contribution in [0.3, 0.4) is 0 Å². The van der Waals surface area contributed by atoms with Gasteiger partial charge in [0.15, 0.2) is 0 Å². The Bertz CT molecular complexity index is 966. The summed E-state index contributed by atoms with van der Waals surface area (Å²) in [7, 11) is 1.64. The monoisotopic (exact) mass is 378 g/mol. The number of methoxy groups -OCH3 is 1. The number of amides is 1. The molecule has 0 aliphatic carbocycles. The lowest BCUT2D eigenvalue weighted by molar-refractivity contribution is 0.0954. The van der Waals surface area contributed by atoms with E-state index in [2.05, 4.69) is 41.4 Å². The van der Waals surface area contributed by atoms with Gasteiger partial charge < -0.3 is 15.0 Å². The summed E-state index contributed by atoms with van der Waals surface area (Å²) < 4.78 is 5.34. The smallest absolute Gasteiger partial charge is 0.261 e. The first-order valence-electron chi connectivity index (χ1n) is 9.04. The molecular weight excluding hydrogens is 356 g/mol. The number of fused-ring (bicyclic) bond motifs is 1. The molecule has 1 aromatic heterocycles. The van der Waals surface area contributed by atoms with Crippen molar-refractivity contribution >= 4 is 27.9 Å². The standard InChI is InChI=1S/C22H22N2O2S/c1-15-13-16-7-3-5-9-18(16)24(15)21-12-11-20(27-21)22(25)23-14-17-8-4-6-10-19(17)26-2/h3-12,15H,13-14H2,1-2H3,(H,23,25). The Labute approximate surface area is 163 Å². The molecule has 5 heteroatoms. The number of ether oxygens (including phenoxy) is 1. The average molecular weight is 378 g/mol. The zero-order valence-corrected chi connectivity index (χ0v) is 16.3. The van der Waals surface area contributed by atoms with Gasteiger partial charge in [-0.2, -0.15) is 0 Å². The van der Waals surface area contributed by atoms with Crippen LogP contribution in [-0.2, 0) is 13.0 Å². The first kappa shape index (κ1) is 17.6. The quantitative estimate of drug-likeness (QED) is 0.695. The van der Waals surface area contributed by atoms with Crippen LogP contribution in [0.2, 0.25) is 0 Å². The Hall–Kier alpha value is -2.79. The highest BCUT2D eigenvalue weighted by Gasteiger charge is 2.28. The number of thiophene rings is 1. The number of rotatable bonds is 5. The molecule has 1 aliphatic rings. The van der Waals surface area contributed by atoms with Crippen LogP contribution in [0.1, 0.15) is 27.7 Å². The molecule has 0 radical (unpaired) electrons. The Morgan fingerprint density at radius 1 is 1.15 bits per heavy atom. The molecule has 138 valence electrons. The lowest BCUT2D eigenvalue weighted by atomic mass is 10.1. The van der Waals surface area contributed by atoms with Gasteiger partial charge in [-0.15, -0.1) is 11.3 Å². The molecule has 1 unspecified atom stereocenters. The van der Waals surface area contributed by atoms with Gasteiger partial charge in [0, 0.05) is 23.8 Å². The molecule has 0 bridgehead atoms. The third-order valence-electron chi connectivity index (χ3n) is 4.89. The molecule has 0 fully saturated rings. The van der Waals surface area contributed by atoms with E-state index in [1.54, 1.807) is 7.11 Å². The van der Waals surface area contributed by atoms with E-state index >= 15 is 0 Å². The van der Waals surface area contributed by atoms with Crippen molar-refractivity contribution in [2.75, 3.05) is 12.0 Å². The van der Waals surface area contributed by atoms with Crippen molar-refractivity contribution in [3.8, 4) is 5.75 Å². The van der Waals surface area contributed by atoms with Crippen molar-refractivity contribution in [1.29, 1.82) is 0 Å². The zero-order valence-electron chi connectivity index (χ0n) is 15.4. The second-order valence-electron chi connectivity index (χ2n) is 6.68. The third kappa shape index (κ3) is 3.43. The zero-order chi connectivity index (χ0) is 18.8. The number of hydrogen-bond acceptors (Lipinski definition) is 4. The largest absolute Gasteiger partial charge is 0.496 e. The molecule has 4 nitrogen and oxygen atoms in total. The van der Waals surface area contributed by atoms with Gasteiger partial charge >= 0.3 is 0 Å². The van der Waals surface area contributed by atoms with Crippen LogP contribution in [0.15, 0.2) is 60.7 Å². The molecule has 0 saturated carbocycles. The summed E-state index contributed by atoms with van der Waals surface area (Å²) in [6, 6.07) is 20.6.